The van der Waals surface area contributed by atoms with Crippen molar-refractivity contribution in [2.24, 2.45) is 5.92 Å². The zero-order chi connectivity index (χ0) is 13.4. The molecule has 0 atom stereocenters. The first kappa shape index (κ1) is 14.5. The first-order valence-corrected chi connectivity index (χ1v) is 6.51. The lowest BCUT2D eigenvalue weighted by Crippen LogP contribution is -2.44. The monoisotopic (exact) mass is 254 g/mol. The zero-order valence-electron chi connectivity index (χ0n) is 10.8. The normalized spacial score (nSPS) is 23.8. The Kier molecular flexibility index (Phi) is 6.25. The van der Waals surface area contributed by atoms with Crippen molar-refractivity contribution in [2.45, 2.75) is 45.1 Å². The standard InChI is InChI=1S/C13H22N2O3/c1-2-3-4-9-14-13(18)15-11-7-5-10(6-8-11)12(16)17/h2-3,10-11H,4-9H2,1H3,(H,16,17)(H2,14,15,18)/b3-2+. The van der Waals surface area contributed by atoms with Crippen LogP contribution in [-0.4, -0.2) is 29.7 Å². The fraction of sp³-hybridized carbons (Fsp3) is 0.692. The SMILES string of the molecule is C/C=C/CCNC(=O)NC1CCC(C(=O)O)CC1. The van der Waals surface area contributed by atoms with Crippen molar-refractivity contribution in [3.05, 3.63) is 12.2 Å². The maximum atomic E-state index is 11.5. The average Bonchev–Trinajstić information content (AvgIpc) is 2.35. The number of nitrogens with one attached hydrogen (secondary N) is 2. The number of allylic oxidation sites excluding steroid dienone is 1. The number of urea groups is 1. The van der Waals surface area contributed by atoms with E-state index in [0.29, 0.717) is 19.4 Å². The Labute approximate surface area is 108 Å². The van der Waals surface area contributed by atoms with Crippen LogP contribution in [0.3, 0.4) is 0 Å². The van der Waals surface area contributed by atoms with Crippen molar-refractivity contribution in [3.8, 4) is 0 Å². The van der Waals surface area contributed by atoms with Crippen molar-refractivity contribution in [1.82, 2.24) is 10.6 Å². The molecular weight excluding hydrogens is 232 g/mol. The maximum absolute atomic E-state index is 11.5. The highest BCUT2D eigenvalue weighted by Crippen LogP contribution is 2.24. The van der Waals surface area contributed by atoms with Gasteiger partial charge in [-0.2, -0.15) is 0 Å². The molecule has 0 unspecified atom stereocenters. The minimum absolute atomic E-state index is 0.113. The summed E-state index contributed by atoms with van der Waals surface area (Å²) in [7, 11) is 0. The Morgan fingerprint density at radius 3 is 2.50 bits per heavy atom. The highest BCUT2D eigenvalue weighted by Gasteiger charge is 2.26. The quantitative estimate of drug-likeness (QED) is 0.518. The summed E-state index contributed by atoms with van der Waals surface area (Å²) in [5.74, 6) is -0.954. The number of carbonyl (C=O) groups excluding carboxylic acids is 1. The smallest absolute Gasteiger partial charge is 0.315 e. The van der Waals surface area contributed by atoms with Gasteiger partial charge >= 0.3 is 12.0 Å². The van der Waals surface area contributed by atoms with Crippen LogP contribution in [0.1, 0.15) is 39.0 Å². The van der Waals surface area contributed by atoms with E-state index < -0.39 is 5.97 Å². The van der Waals surface area contributed by atoms with Gasteiger partial charge in [0.2, 0.25) is 0 Å². The number of carboxylic acid groups (broad SMARTS) is 1. The van der Waals surface area contributed by atoms with Crippen LogP contribution in [0.25, 0.3) is 0 Å². The number of rotatable bonds is 5. The Balaban J connectivity index is 2.16. The average molecular weight is 254 g/mol. The van der Waals surface area contributed by atoms with Gasteiger partial charge in [-0.3, -0.25) is 4.79 Å². The minimum atomic E-state index is -0.718. The molecule has 0 aromatic carbocycles. The van der Waals surface area contributed by atoms with Crippen molar-refractivity contribution < 1.29 is 14.7 Å². The zero-order valence-corrected chi connectivity index (χ0v) is 10.8. The highest BCUT2D eigenvalue weighted by atomic mass is 16.4. The van der Waals surface area contributed by atoms with E-state index in [9.17, 15) is 9.59 Å². The molecule has 2 amide bonds. The highest BCUT2D eigenvalue weighted by molar-refractivity contribution is 5.74. The molecule has 0 aromatic rings. The second kappa shape index (κ2) is 7.74. The molecule has 5 heteroatoms. The Morgan fingerprint density at radius 1 is 1.28 bits per heavy atom. The lowest BCUT2D eigenvalue weighted by molar-refractivity contribution is -0.142. The van der Waals surface area contributed by atoms with E-state index in [1.807, 2.05) is 19.1 Å². The summed E-state index contributed by atoms with van der Waals surface area (Å²) in [6, 6.07) is -0.0411. The second-order valence-electron chi connectivity index (χ2n) is 4.64. The third-order valence-corrected chi connectivity index (χ3v) is 3.24. The van der Waals surface area contributed by atoms with Crippen LogP contribution in [-0.2, 0) is 4.79 Å². The van der Waals surface area contributed by atoms with Gasteiger partial charge in [-0.1, -0.05) is 12.2 Å². The predicted octanol–water partition coefficient (Wildman–Crippen LogP) is 1.90. The molecule has 0 bridgehead atoms. The Hall–Kier alpha value is -1.52. The number of carbonyl (C=O) groups is 2. The third kappa shape index (κ3) is 5.21. The molecule has 0 saturated heterocycles. The summed E-state index contributed by atoms with van der Waals surface area (Å²) < 4.78 is 0. The molecule has 1 rings (SSSR count). The minimum Gasteiger partial charge on any atom is -0.481 e. The third-order valence-electron chi connectivity index (χ3n) is 3.24. The molecule has 0 aliphatic heterocycles. The first-order valence-electron chi connectivity index (χ1n) is 6.51. The molecule has 0 spiro atoms. The van der Waals surface area contributed by atoms with Crippen LogP contribution >= 0.6 is 0 Å². The summed E-state index contributed by atoms with van der Waals surface area (Å²) in [4.78, 5) is 22.3. The van der Waals surface area contributed by atoms with E-state index in [1.54, 1.807) is 0 Å². The van der Waals surface area contributed by atoms with Crippen LogP contribution in [0.5, 0.6) is 0 Å². The van der Waals surface area contributed by atoms with Crippen LogP contribution in [0.2, 0.25) is 0 Å². The molecule has 18 heavy (non-hydrogen) atoms. The Bertz CT molecular complexity index is 307. The largest absolute Gasteiger partial charge is 0.481 e. The van der Waals surface area contributed by atoms with Crippen LogP contribution in [0, 0.1) is 5.92 Å². The van der Waals surface area contributed by atoms with Crippen molar-refractivity contribution in [2.75, 3.05) is 6.54 Å². The van der Waals surface area contributed by atoms with Crippen molar-refractivity contribution in [1.29, 1.82) is 0 Å². The molecule has 0 heterocycles. The molecule has 1 aliphatic carbocycles. The number of carboxylic acids is 1. The second-order valence-corrected chi connectivity index (χ2v) is 4.64. The van der Waals surface area contributed by atoms with Gasteiger partial charge in [0.25, 0.3) is 0 Å². The molecular formula is C13H22N2O3. The van der Waals surface area contributed by atoms with Crippen molar-refractivity contribution >= 4 is 12.0 Å². The molecule has 1 aliphatic rings. The van der Waals surface area contributed by atoms with E-state index >= 15 is 0 Å². The molecule has 0 radical (unpaired) electrons. The molecule has 5 nitrogen and oxygen atoms in total. The number of hydrogen-bond acceptors (Lipinski definition) is 2. The van der Waals surface area contributed by atoms with E-state index in [1.165, 1.54) is 0 Å². The van der Waals surface area contributed by atoms with Gasteiger partial charge in [0.1, 0.15) is 0 Å². The van der Waals surface area contributed by atoms with E-state index in [-0.39, 0.29) is 18.0 Å². The van der Waals surface area contributed by atoms with Crippen LogP contribution in [0.4, 0.5) is 4.79 Å². The molecule has 1 saturated carbocycles. The fourth-order valence-corrected chi connectivity index (χ4v) is 2.16. The van der Waals surface area contributed by atoms with Crippen molar-refractivity contribution in [3.63, 3.8) is 0 Å². The summed E-state index contributed by atoms with van der Waals surface area (Å²) in [6.07, 6.45) is 7.58. The van der Waals surface area contributed by atoms with E-state index in [2.05, 4.69) is 10.6 Å². The maximum Gasteiger partial charge on any atom is 0.315 e. The topological polar surface area (TPSA) is 78.4 Å². The summed E-state index contributed by atoms with van der Waals surface area (Å²) in [6.45, 7) is 2.57. The lowest BCUT2D eigenvalue weighted by Gasteiger charge is -2.26. The summed E-state index contributed by atoms with van der Waals surface area (Å²) >= 11 is 0. The van der Waals surface area contributed by atoms with Gasteiger partial charge in [-0.25, -0.2) is 4.79 Å². The number of amides is 2. The summed E-state index contributed by atoms with van der Waals surface area (Å²) in [5, 5.41) is 14.5. The van der Waals surface area contributed by atoms with Gasteiger partial charge < -0.3 is 15.7 Å². The van der Waals surface area contributed by atoms with Gasteiger partial charge in [0.15, 0.2) is 0 Å². The number of hydrogen-bond donors (Lipinski definition) is 3. The molecule has 0 aromatic heterocycles. The molecule has 102 valence electrons. The fourth-order valence-electron chi connectivity index (χ4n) is 2.16. The van der Waals surface area contributed by atoms with Gasteiger partial charge in [-0.15, -0.1) is 0 Å². The van der Waals surface area contributed by atoms with Gasteiger partial charge in [0.05, 0.1) is 5.92 Å². The van der Waals surface area contributed by atoms with E-state index in [0.717, 1.165) is 19.3 Å². The first-order chi connectivity index (χ1) is 8.63. The van der Waals surface area contributed by atoms with Gasteiger partial charge in [-0.05, 0) is 39.0 Å². The summed E-state index contributed by atoms with van der Waals surface area (Å²) in [5.41, 5.74) is 0. The van der Waals surface area contributed by atoms with Gasteiger partial charge in [0, 0.05) is 12.6 Å². The molecule has 1 fully saturated rings. The van der Waals surface area contributed by atoms with Crippen LogP contribution < -0.4 is 10.6 Å². The Morgan fingerprint density at radius 2 is 1.94 bits per heavy atom. The van der Waals surface area contributed by atoms with Crippen LogP contribution in [0.15, 0.2) is 12.2 Å². The lowest BCUT2D eigenvalue weighted by atomic mass is 9.86. The van der Waals surface area contributed by atoms with E-state index in [4.69, 9.17) is 5.11 Å². The molecule has 3 N–H and O–H groups in total. The number of aliphatic carboxylic acids is 1. The predicted molar refractivity (Wildman–Crippen MR) is 69.3 cm³/mol.